The normalized spacial score (nSPS) is 17.9. The van der Waals surface area contributed by atoms with E-state index in [0.717, 1.165) is 55.2 Å². The van der Waals surface area contributed by atoms with Gasteiger partial charge in [0.1, 0.15) is 29.0 Å². The lowest BCUT2D eigenvalue weighted by atomic mass is 10.0. The van der Waals surface area contributed by atoms with Crippen LogP contribution in [0.2, 0.25) is 0 Å². The minimum atomic E-state index is -2.93. The predicted molar refractivity (Wildman–Crippen MR) is 171 cm³/mol. The first-order valence-corrected chi connectivity index (χ1v) is 15.1. The Morgan fingerprint density at radius 3 is 2.55 bits per heavy atom. The molecule has 4 aromatic rings. The Hall–Kier alpha value is -5.78. The molecule has 3 aliphatic rings. The fraction of sp³-hybridized carbons (Fsp3) is 0.212. The number of piperidine rings is 1. The molecule has 0 unspecified atom stereocenters. The quantitative estimate of drug-likeness (QED) is 0.220. The Bertz CT molecular complexity index is 1900. The van der Waals surface area contributed by atoms with Crippen molar-refractivity contribution in [1.29, 1.82) is 10.7 Å². The van der Waals surface area contributed by atoms with E-state index in [2.05, 4.69) is 59.5 Å². The molecule has 0 saturated carbocycles. The summed E-state index contributed by atoms with van der Waals surface area (Å²) in [6.07, 6.45) is 8.50. The van der Waals surface area contributed by atoms with Crippen molar-refractivity contribution in [3.63, 3.8) is 0 Å². The number of fused-ring (bicyclic) bond motifs is 1. The van der Waals surface area contributed by atoms with E-state index in [9.17, 15) is 8.78 Å². The van der Waals surface area contributed by atoms with Crippen LogP contribution in [0.4, 0.5) is 31.8 Å². The van der Waals surface area contributed by atoms with E-state index < -0.39 is 6.61 Å². The average molecular weight is 635 g/mol. The molecule has 3 aliphatic heterocycles. The van der Waals surface area contributed by atoms with Gasteiger partial charge in [-0.2, -0.15) is 14.0 Å². The van der Waals surface area contributed by atoms with E-state index in [4.69, 9.17) is 15.7 Å². The van der Waals surface area contributed by atoms with Crippen LogP contribution >= 0.6 is 0 Å². The number of nitrogens with two attached hydrogens (primary N) is 1. The maximum atomic E-state index is 12.6. The Morgan fingerprint density at radius 1 is 1.04 bits per heavy atom. The van der Waals surface area contributed by atoms with Crippen molar-refractivity contribution in [2.45, 2.75) is 32.0 Å². The number of quaternary nitrogens is 1. The third-order valence-corrected chi connectivity index (χ3v) is 8.15. The molecule has 1 saturated heterocycles. The van der Waals surface area contributed by atoms with E-state index in [1.54, 1.807) is 23.6 Å². The number of anilines is 4. The first-order valence-electron chi connectivity index (χ1n) is 15.1. The minimum absolute atomic E-state index is 0.0264. The van der Waals surface area contributed by atoms with Crippen LogP contribution in [0.3, 0.4) is 0 Å². The fourth-order valence-corrected chi connectivity index (χ4v) is 5.86. The van der Waals surface area contributed by atoms with Crippen LogP contribution in [-0.4, -0.2) is 56.4 Å². The number of hydrogen-bond acceptors (Lipinski definition) is 11. The highest BCUT2D eigenvalue weighted by atomic mass is 19.3. The third kappa shape index (κ3) is 6.48. The summed E-state index contributed by atoms with van der Waals surface area (Å²) >= 11 is 0. The molecule has 47 heavy (non-hydrogen) atoms. The van der Waals surface area contributed by atoms with E-state index in [1.807, 2.05) is 35.4 Å². The summed E-state index contributed by atoms with van der Waals surface area (Å²) in [5, 5.41) is 26.2. The number of ether oxygens (including phenoxy) is 1. The molecular weight excluding hydrogens is 604 g/mol. The second-order valence-corrected chi connectivity index (χ2v) is 11.2. The van der Waals surface area contributed by atoms with E-state index in [1.165, 1.54) is 17.8 Å². The lowest BCUT2D eigenvalue weighted by Gasteiger charge is -2.32. The highest BCUT2D eigenvalue weighted by Gasteiger charge is 2.33. The number of pyridine rings is 2. The van der Waals surface area contributed by atoms with E-state index in [0.29, 0.717) is 28.9 Å². The number of benzene rings is 1. The Kier molecular flexibility index (Phi) is 8.22. The van der Waals surface area contributed by atoms with Crippen molar-refractivity contribution in [1.82, 2.24) is 24.8 Å². The van der Waals surface area contributed by atoms with Crippen LogP contribution in [0.25, 0.3) is 11.4 Å². The highest BCUT2D eigenvalue weighted by Crippen LogP contribution is 2.43. The number of alkyl halides is 2. The molecule has 1 fully saturated rings. The highest BCUT2D eigenvalue weighted by molar-refractivity contribution is 5.99. The molecule has 12 nitrogen and oxygen atoms in total. The summed E-state index contributed by atoms with van der Waals surface area (Å²) in [4.78, 5) is 21.8. The zero-order chi connectivity index (χ0) is 32.3. The van der Waals surface area contributed by atoms with Gasteiger partial charge in [-0.3, -0.25) is 20.1 Å². The number of hydrogen-bond donors (Lipinski definition) is 4. The van der Waals surface area contributed by atoms with Crippen LogP contribution < -0.4 is 25.6 Å². The van der Waals surface area contributed by atoms with Crippen molar-refractivity contribution in [2.24, 2.45) is 0 Å². The van der Waals surface area contributed by atoms with E-state index in [-0.39, 0.29) is 17.6 Å². The standard InChI is InChI=1S/C33H29F2N11O/c34-33(35)47-23-5-6-25(40-18-23)26-7-8-27-32(42-26)46(31(43-27)24-9-13-39-30(24)37)22-3-1-20(2-4-22)19-45-15-11-21(12-16-45)41-28-10-14-38-29(17-36)44-28/h1-10,13-14,18,21,33,43H,11-12,15-16,19H2,(H2,37,39)(H,38,41,44)/p+1/b31-24+. The van der Waals surface area contributed by atoms with Gasteiger partial charge >= 0.3 is 6.61 Å². The second-order valence-electron chi connectivity index (χ2n) is 11.2. The predicted octanol–water partition coefficient (Wildman–Crippen LogP) is 4.33. The molecule has 14 heteroatoms. The zero-order valence-electron chi connectivity index (χ0n) is 25.1. The lowest BCUT2D eigenvalue weighted by Crippen LogP contribution is -2.80. The maximum Gasteiger partial charge on any atom is 0.387 e. The molecule has 6 heterocycles. The monoisotopic (exact) mass is 634 g/mol. The van der Waals surface area contributed by atoms with Crippen molar-refractivity contribution >= 4 is 28.8 Å². The zero-order valence-corrected chi connectivity index (χ0v) is 25.1. The van der Waals surface area contributed by atoms with E-state index >= 15 is 0 Å². The van der Waals surface area contributed by atoms with Crippen molar-refractivity contribution < 1.29 is 18.8 Å². The van der Waals surface area contributed by atoms with Gasteiger partial charge in [0.25, 0.3) is 0 Å². The molecule has 236 valence electrons. The maximum absolute atomic E-state index is 12.6. The van der Waals surface area contributed by atoms with Gasteiger partial charge in [-0.1, -0.05) is 12.1 Å². The Morgan fingerprint density at radius 2 is 1.85 bits per heavy atom. The minimum Gasteiger partial charge on any atom is -0.433 e. The molecule has 0 atom stereocenters. The van der Waals surface area contributed by atoms with Gasteiger partial charge in [0, 0.05) is 43.6 Å². The topological polar surface area (TPSA) is 156 Å². The third-order valence-electron chi connectivity index (χ3n) is 8.15. The first-order chi connectivity index (χ1) is 22.9. The summed E-state index contributed by atoms with van der Waals surface area (Å²) in [5.41, 5.74) is 4.63. The molecule has 1 aromatic carbocycles. The summed E-state index contributed by atoms with van der Waals surface area (Å²) < 4.78 is 29.7. The number of aromatic nitrogens is 4. The van der Waals surface area contributed by atoms with Crippen molar-refractivity contribution in [2.75, 3.05) is 28.6 Å². The molecular formula is C33H30F2N11O+. The lowest BCUT2D eigenvalue weighted by molar-refractivity contribution is -0.457. The molecule has 7 rings (SSSR count). The average Bonchev–Trinajstić information content (AvgIpc) is 3.69. The number of nitrogens with zero attached hydrogens (tertiary/aromatic N) is 7. The van der Waals surface area contributed by atoms with Crippen molar-refractivity contribution in [3.8, 4) is 23.2 Å². The van der Waals surface area contributed by atoms with Crippen LogP contribution in [-0.2, 0) is 6.54 Å². The molecule has 0 spiro atoms. The van der Waals surface area contributed by atoms with Gasteiger partial charge in [0.2, 0.25) is 11.7 Å². The summed E-state index contributed by atoms with van der Waals surface area (Å²) in [6.45, 7) is -0.264. The number of halogens is 2. The largest absolute Gasteiger partial charge is 0.433 e. The molecule has 3 aromatic heterocycles. The smallest absolute Gasteiger partial charge is 0.387 e. The number of nitrogens with one attached hydrogen (secondary N) is 3. The summed E-state index contributed by atoms with van der Waals surface area (Å²) in [5.74, 6) is 2.56. The molecule has 0 aliphatic carbocycles. The SMILES string of the molecule is N#Cc1nccc(NC2CCN(Cc3ccc(N4/C(=C5\C=C[NH2+]C5=N)Nc5ccc(-c6ccc(OC(F)F)cn6)nc54)cc3)CC2)n1. The van der Waals surface area contributed by atoms with Crippen LogP contribution in [0, 0.1) is 16.7 Å². The number of nitriles is 1. The number of likely N-dealkylation sites (tertiary alicyclic amines) is 1. The second kappa shape index (κ2) is 12.9. The van der Waals surface area contributed by atoms with Crippen molar-refractivity contribution in [3.05, 3.63) is 102 Å². The summed E-state index contributed by atoms with van der Waals surface area (Å²) in [6, 6.07) is 19.1. The molecule has 0 bridgehead atoms. The Labute approximate surface area is 269 Å². The van der Waals surface area contributed by atoms with Gasteiger partial charge in [-0.05, 0) is 60.9 Å². The van der Waals surface area contributed by atoms with Crippen LogP contribution in [0.5, 0.6) is 5.75 Å². The number of amidine groups is 1. The molecule has 0 amide bonds. The van der Waals surface area contributed by atoms with Gasteiger partial charge in [-0.25, -0.2) is 20.4 Å². The van der Waals surface area contributed by atoms with Gasteiger partial charge in [-0.15, -0.1) is 0 Å². The van der Waals surface area contributed by atoms with Crippen LogP contribution in [0.15, 0.2) is 90.7 Å². The first kappa shape index (κ1) is 29.9. The van der Waals surface area contributed by atoms with Gasteiger partial charge in [0.15, 0.2) is 5.82 Å². The summed E-state index contributed by atoms with van der Waals surface area (Å²) in [7, 11) is 0. The number of rotatable bonds is 8. The fourth-order valence-electron chi connectivity index (χ4n) is 5.86. The molecule has 0 radical (unpaired) electrons. The van der Waals surface area contributed by atoms with Crippen LogP contribution in [0.1, 0.15) is 24.2 Å². The Balaban J connectivity index is 1.08. The van der Waals surface area contributed by atoms with Gasteiger partial charge < -0.3 is 15.4 Å². The van der Waals surface area contributed by atoms with Gasteiger partial charge in [0.05, 0.1) is 29.5 Å². The molecule has 5 N–H and O–H groups in total.